The van der Waals surface area contributed by atoms with E-state index in [0.29, 0.717) is 13.0 Å². The highest BCUT2D eigenvalue weighted by Gasteiger charge is 2.34. The molecule has 3 aromatic rings. The second kappa shape index (κ2) is 8.90. The zero-order valence-electron chi connectivity index (χ0n) is 19.6. The largest absolute Gasteiger partial charge is 0.508 e. The summed E-state index contributed by atoms with van der Waals surface area (Å²) in [5.74, 6) is 0.0814. The van der Waals surface area contributed by atoms with E-state index in [2.05, 4.69) is 30.1 Å². The number of benzene rings is 2. The topological polar surface area (TPSA) is 85.9 Å². The molecular formula is C26H31N3O4. The zero-order valence-corrected chi connectivity index (χ0v) is 19.6. The SMILES string of the molecule is Cc1ccc2[nH]c3c(c2c1)CCN(C(=O)CCN(C=O)OC(C)(C)C)C3c1cccc(O)c1. The van der Waals surface area contributed by atoms with Gasteiger partial charge in [0.1, 0.15) is 5.75 Å². The van der Waals surface area contributed by atoms with Crippen molar-refractivity contribution in [2.24, 2.45) is 0 Å². The van der Waals surface area contributed by atoms with E-state index in [1.54, 1.807) is 18.2 Å². The molecule has 1 aromatic heterocycles. The molecule has 2 heterocycles. The van der Waals surface area contributed by atoms with Crippen molar-refractivity contribution in [2.75, 3.05) is 13.1 Å². The van der Waals surface area contributed by atoms with Gasteiger partial charge in [0.25, 0.3) is 0 Å². The number of H-pyrrole nitrogens is 1. The van der Waals surface area contributed by atoms with Gasteiger partial charge in [0.2, 0.25) is 12.3 Å². The van der Waals surface area contributed by atoms with E-state index in [1.807, 2.05) is 31.7 Å². The molecule has 4 rings (SSSR count). The lowest BCUT2D eigenvalue weighted by atomic mass is 9.91. The average molecular weight is 450 g/mol. The van der Waals surface area contributed by atoms with E-state index >= 15 is 0 Å². The number of nitrogens with zero attached hydrogens (tertiary/aromatic N) is 2. The van der Waals surface area contributed by atoms with Crippen LogP contribution in [-0.4, -0.2) is 51.1 Å². The van der Waals surface area contributed by atoms with Crippen molar-refractivity contribution >= 4 is 23.2 Å². The molecule has 2 aromatic carbocycles. The number of nitrogens with one attached hydrogen (secondary N) is 1. The second-order valence-electron chi connectivity index (χ2n) is 9.60. The zero-order chi connectivity index (χ0) is 23.8. The molecule has 0 saturated heterocycles. The predicted molar refractivity (Wildman–Crippen MR) is 127 cm³/mol. The smallest absolute Gasteiger partial charge is 0.233 e. The number of carbonyl (C=O) groups is 2. The van der Waals surface area contributed by atoms with Crippen LogP contribution in [-0.2, 0) is 20.8 Å². The molecular weight excluding hydrogens is 418 g/mol. The van der Waals surface area contributed by atoms with Gasteiger partial charge in [-0.3, -0.25) is 14.4 Å². The van der Waals surface area contributed by atoms with Gasteiger partial charge in [-0.2, -0.15) is 0 Å². The van der Waals surface area contributed by atoms with Crippen molar-refractivity contribution in [1.29, 1.82) is 0 Å². The Morgan fingerprint density at radius 3 is 2.76 bits per heavy atom. The van der Waals surface area contributed by atoms with E-state index in [-0.39, 0.29) is 30.7 Å². The van der Waals surface area contributed by atoms with Crippen LogP contribution in [0, 0.1) is 6.92 Å². The molecule has 2 amide bonds. The summed E-state index contributed by atoms with van der Waals surface area (Å²) >= 11 is 0. The average Bonchev–Trinajstić information content (AvgIpc) is 3.12. The minimum Gasteiger partial charge on any atom is -0.508 e. The summed E-state index contributed by atoms with van der Waals surface area (Å²) < 4.78 is 0. The van der Waals surface area contributed by atoms with Crippen LogP contribution in [0.2, 0.25) is 0 Å². The summed E-state index contributed by atoms with van der Waals surface area (Å²) in [5.41, 5.74) is 4.71. The first-order valence-corrected chi connectivity index (χ1v) is 11.3. The molecule has 0 spiro atoms. The number of hydrogen-bond donors (Lipinski definition) is 2. The first kappa shape index (κ1) is 22.9. The predicted octanol–water partition coefficient (Wildman–Crippen LogP) is 4.23. The van der Waals surface area contributed by atoms with Gasteiger partial charge in [-0.25, -0.2) is 5.06 Å². The van der Waals surface area contributed by atoms with Gasteiger partial charge >= 0.3 is 0 Å². The molecule has 0 saturated carbocycles. The molecule has 0 aliphatic carbocycles. The fourth-order valence-corrected chi connectivity index (χ4v) is 4.53. The van der Waals surface area contributed by atoms with Gasteiger partial charge in [0.15, 0.2) is 0 Å². The number of carbonyl (C=O) groups excluding carboxylic acids is 2. The number of phenols is 1. The fraction of sp³-hybridized carbons (Fsp3) is 0.385. The Morgan fingerprint density at radius 2 is 2.06 bits per heavy atom. The van der Waals surface area contributed by atoms with Crippen LogP contribution < -0.4 is 0 Å². The van der Waals surface area contributed by atoms with Gasteiger partial charge < -0.3 is 15.0 Å². The quantitative estimate of drug-likeness (QED) is 0.436. The van der Waals surface area contributed by atoms with Crippen molar-refractivity contribution in [3.05, 3.63) is 64.8 Å². The second-order valence-corrected chi connectivity index (χ2v) is 9.60. The van der Waals surface area contributed by atoms with E-state index in [0.717, 1.165) is 23.2 Å². The van der Waals surface area contributed by atoms with Gasteiger partial charge in [-0.15, -0.1) is 0 Å². The Morgan fingerprint density at radius 1 is 1.27 bits per heavy atom. The van der Waals surface area contributed by atoms with Gasteiger partial charge in [-0.05, 0) is 69.5 Å². The van der Waals surface area contributed by atoms with Crippen LogP contribution in [0.5, 0.6) is 5.75 Å². The number of aromatic nitrogens is 1. The van der Waals surface area contributed by atoms with Crippen LogP contribution in [0.4, 0.5) is 0 Å². The van der Waals surface area contributed by atoms with Crippen LogP contribution in [0.3, 0.4) is 0 Å². The molecule has 7 nitrogen and oxygen atoms in total. The molecule has 33 heavy (non-hydrogen) atoms. The third-order valence-corrected chi connectivity index (χ3v) is 5.84. The fourth-order valence-electron chi connectivity index (χ4n) is 4.53. The van der Waals surface area contributed by atoms with E-state index < -0.39 is 5.60 Å². The van der Waals surface area contributed by atoms with Gasteiger partial charge in [-0.1, -0.05) is 23.8 Å². The maximum Gasteiger partial charge on any atom is 0.233 e. The highest BCUT2D eigenvalue weighted by molar-refractivity contribution is 5.87. The van der Waals surface area contributed by atoms with Crippen molar-refractivity contribution < 1.29 is 19.5 Å². The number of amides is 2. The van der Waals surface area contributed by atoms with E-state index in [4.69, 9.17) is 4.84 Å². The van der Waals surface area contributed by atoms with Crippen molar-refractivity contribution in [3.63, 3.8) is 0 Å². The normalized spacial score (nSPS) is 16.0. The number of rotatable bonds is 6. The maximum absolute atomic E-state index is 13.4. The molecule has 0 bridgehead atoms. The molecule has 0 fully saturated rings. The Balaban J connectivity index is 1.67. The van der Waals surface area contributed by atoms with E-state index in [9.17, 15) is 14.7 Å². The Bertz CT molecular complexity index is 1180. The van der Waals surface area contributed by atoms with Crippen LogP contribution >= 0.6 is 0 Å². The molecule has 0 radical (unpaired) electrons. The number of phenolic OH excluding ortho intramolecular Hbond substituents is 1. The third-order valence-electron chi connectivity index (χ3n) is 5.84. The minimum atomic E-state index is -0.531. The van der Waals surface area contributed by atoms with Crippen LogP contribution in [0.25, 0.3) is 10.9 Å². The summed E-state index contributed by atoms with van der Waals surface area (Å²) in [6, 6.07) is 13.0. The summed E-state index contributed by atoms with van der Waals surface area (Å²) in [4.78, 5) is 35.8. The monoisotopic (exact) mass is 449 g/mol. The van der Waals surface area contributed by atoms with Gasteiger partial charge in [0.05, 0.1) is 18.2 Å². The molecule has 2 N–H and O–H groups in total. The summed E-state index contributed by atoms with van der Waals surface area (Å²) in [6.07, 6.45) is 1.48. The minimum absolute atomic E-state index is 0.0758. The Hall–Kier alpha value is -3.32. The first-order valence-electron chi connectivity index (χ1n) is 11.3. The Kier molecular flexibility index (Phi) is 6.17. The Labute approximate surface area is 193 Å². The standard InChI is InChI=1S/C26H31N3O4/c1-17-8-9-22-21(14-17)20-10-13-29(23(32)11-12-28(16-30)33-26(2,3)4)25(24(20)27-22)18-6-5-7-19(31)15-18/h5-9,14-16,25,27,31H,10-13H2,1-4H3. The molecule has 1 aliphatic rings. The van der Waals surface area contributed by atoms with Crippen molar-refractivity contribution in [2.45, 2.75) is 52.2 Å². The molecule has 174 valence electrons. The number of fused-ring (bicyclic) bond motifs is 3. The molecule has 7 heteroatoms. The van der Waals surface area contributed by atoms with Crippen molar-refractivity contribution in [3.8, 4) is 5.75 Å². The summed E-state index contributed by atoms with van der Waals surface area (Å²) in [6.45, 7) is 8.35. The van der Waals surface area contributed by atoms with Gasteiger partial charge in [0, 0.05) is 29.6 Å². The third kappa shape index (κ3) is 4.88. The highest BCUT2D eigenvalue weighted by Crippen LogP contribution is 2.39. The number of hydrogen-bond acceptors (Lipinski definition) is 4. The van der Waals surface area contributed by atoms with Crippen molar-refractivity contribution in [1.82, 2.24) is 14.9 Å². The van der Waals surface area contributed by atoms with E-state index in [1.165, 1.54) is 21.6 Å². The van der Waals surface area contributed by atoms with Crippen LogP contribution in [0.15, 0.2) is 42.5 Å². The van der Waals surface area contributed by atoms with Crippen LogP contribution in [0.1, 0.15) is 55.6 Å². The molecule has 1 atom stereocenters. The number of aromatic hydroxyl groups is 1. The number of aromatic amines is 1. The lowest BCUT2D eigenvalue weighted by molar-refractivity contribution is -0.216. The maximum atomic E-state index is 13.4. The number of hydroxylamine groups is 2. The lowest BCUT2D eigenvalue weighted by Gasteiger charge is -2.37. The molecule has 1 unspecified atom stereocenters. The summed E-state index contributed by atoms with van der Waals surface area (Å²) in [5, 5.41) is 12.5. The highest BCUT2D eigenvalue weighted by atomic mass is 16.7. The number of aryl methyl sites for hydroxylation is 1. The summed E-state index contributed by atoms with van der Waals surface area (Å²) in [7, 11) is 0. The lowest BCUT2D eigenvalue weighted by Crippen LogP contribution is -2.42. The molecule has 1 aliphatic heterocycles. The first-order chi connectivity index (χ1) is 15.7.